The third-order valence-corrected chi connectivity index (χ3v) is 2.70. The Morgan fingerprint density at radius 1 is 1.37 bits per heavy atom. The molecule has 0 saturated heterocycles. The van der Waals surface area contributed by atoms with E-state index >= 15 is 0 Å². The molecule has 0 bridgehead atoms. The van der Waals surface area contributed by atoms with Crippen molar-refractivity contribution in [2.24, 2.45) is 0 Å². The predicted octanol–water partition coefficient (Wildman–Crippen LogP) is 1.91. The van der Waals surface area contributed by atoms with Gasteiger partial charge in [-0.05, 0) is 19.1 Å². The fourth-order valence-electron chi connectivity index (χ4n) is 1.65. The summed E-state index contributed by atoms with van der Waals surface area (Å²) in [5.74, 6) is 1.04. The van der Waals surface area contributed by atoms with E-state index in [1.165, 1.54) is 7.11 Å². The van der Waals surface area contributed by atoms with E-state index in [-0.39, 0.29) is 12.5 Å². The summed E-state index contributed by atoms with van der Waals surface area (Å²) in [6, 6.07) is 9.69. The van der Waals surface area contributed by atoms with Crippen LogP contribution in [0.4, 0.5) is 0 Å². The number of esters is 1. The van der Waals surface area contributed by atoms with E-state index in [1.54, 1.807) is 0 Å². The van der Waals surface area contributed by atoms with Crippen molar-refractivity contribution in [2.45, 2.75) is 13.5 Å². The molecule has 5 nitrogen and oxygen atoms in total. The SMILES string of the molecule is COC(=O)CNCc1nc(-c2ccccc2)oc1C. The molecule has 0 aliphatic heterocycles. The molecule has 0 atom stereocenters. The maximum absolute atomic E-state index is 11.0. The Labute approximate surface area is 111 Å². The number of methoxy groups -OCH3 is 1. The van der Waals surface area contributed by atoms with Crippen LogP contribution in [0.25, 0.3) is 11.5 Å². The minimum Gasteiger partial charge on any atom is -0.468 e. The standard InChI is InChI=1S/C14H16N2O3/c1-10-12(8-15-9-13(17)18-2)16-14(19-10)11-6-4-3-5-7-11/h3-7,15H,8-9H2,1-2H3. The minimum absolute atomic E-state index is 0.156. The van der Waals surface area contributed by atoms with Gasteiger partial charge < -0.3 is 14.5 Å². The highest BCUT2D eigenvalue weighted by Gasteiger charge is 2.11. The molecule has 0 amide bonds. The topological polar surface area (TPSA) is 64.4 Å². The number of benzene rings is 1. The van der Waals surface area contributed by atoms with Crippen LogP contribution in [-0.2, 0) is 16.1 Å². The van der Waals surface area contributed by atoms with Crippen LogP contribution >= 0.6 is 0 Å². The van der Waals surface area contributed by atoms with E-state index in [4.69, 9.17) is 4.42 Å². The number of rotatable bonds is 5. The molecule has 0 aliphatic carbocycles. The van der Waals surface area contributed by atoms with Gasteiger partial charge in [0.15, 0.2) is 0 Å². The molecule has 5 heteroatoms. The highest BCUT2D eigenvalue weighted by Crippen LogP contribution is 2.21. The van der Waals surface area contributed by atoms with Gasteiger partial charge in [0, 0.05) is 12.1 Å². The van der Waals surface area contributed by atoms with Crippen LogP contribution in [0.15, 0.2) is 34.7 Å². The summed E-state index contributed by atoms with van der Waals surface area (Å²) in [7, 11) is 1.36. The average Bonchev–Trinajstić information content (AvgIpc) is 2.81. The van der Waals surface area contributed by atoms with Gasteiger partial charge in [-0.25, -0.2) is 4.98 Å². The zero-order chi connectivity index (χ0) is 13.7. The maximum Gasteiger partial charge on any atom is 0.319 e. The third-order valence-electron chi connectivity index (χ3n) is 2.70. The molecular formula is C14H16N2O3. The second-order valence-electron chi connectivity index (χ2n) is 4.07. The van der Waals surface area contributed by atoms with Gasteiger partial charge in [-0.15, -0.1) is 0 Å². The van der Waals surface area contributed by atoms with E-state index in [0.717, 1.165) is 17.0 Å². The minimum atomic E-state index is -0.301. The zero-order valence-corrected chi connectivity index (χ0v) is 11.0. The third kappa shape index (κ3) is 3.42. The lowest BCUT2D eigenvalue weighted by molar-refractivity contribution is -0.139. The number of carbonyl (C=O) groups excluding carboxylic acids is 1. The van der Waals surface area contributed by atoms with Gasteiger partial charge in [0.05, 0.1) is 19.3 Å². The summed E-state index contributed by atoms with van der Waals surface area (Å²) in [4.78, 5) is 15.4. The van der Waals surface area contributed by atoms with Gasteiger partial charge in [0.25, 0.3) is 0 Å². The van der Waals surface area contributed by atoms with Gasteiger partial charge in [0.1, 0.15) is 5.76 Å². The molecule has 0 unspecified atom stereocenters. The van der Waals surface area contributed by atoms with Gasteiger partial charge >= 0.3 is 5.97 Å². The molecule has 0 radical (unpaired) electrons. The van der Waals surface area contributed by atoms with Crippen molar-refractivity contribution in [1.29, 1.82) is 0 Å². The van der Waals surface area contributed by atoms with Crippen LogP contribution in [0.5, 0.6) is 0 Å². The summed E-state index contributed by atoms with van der Waals surface area (Å²) in [6.07, 6.45) is 0. The molecule has 1 aromatic carbocycles. The summed E-state index contributed by atoms with van der Waals surface area (Å²) >= 11 is 0. The van der Waals surface area contributed by atoms with Crippen LogP contribution in [0, 0.1) is 6.92 Å². The smallest absolute Gasteiger partial charge is 0.319 e. The summed E-state index contributed by atoms with van der Waals surface area (Å²) in [6.45, 7) is 2.48. The van der Waals surface area contributed by atoms with Crippen molar-refractivity contribution in [3.63, 3.8) is 0 Å². The van der Waals surface area contributed by atoms with Crippen molar-refractivity contribution < 1.29 is 13.9 Å². The van der Waals surface area contributed by atoms with Crippen LogP contribution in [0.3, 0.4) is 0 Å². The van der Waals surface area contributed by atoms with E-state index in [2.05, 4.69) is 15.0 Å². The fourth-order valence-corrected chi connectivity index (χ4v) is 1.65. The molecule has 2 aromatic rings. The van der Waals surface area contributed by atoms with Gasteiger partial charge in [-0.1, -0.05) is 18.2 Å². The van der Waals surface area contributed by atoms with Crippen LogP contribution in [-0.4, -0.2) is 24.6 Å². The fraction of sp³-hybridized carbons (Fsp3) is 0.286. The highest BCUT2D eigenvalue weighted by molar-refractivity contribution is 5.71. The van der Waals surface area contributed by atoms with Gasteiger partial charge in [-0.3, -0.25) is 4.79 Å². The first-order valence-corrected chi connectivity index (χ1v) is 6.00. The Bertz CT molecular complexity index is 549. The molecule has 2 rings (SSSR count). The van der Waals surface area contributed by atoms with Crippen LogP contribution in [0.1, 0.15) is 11.5 Å². The molecule has 1 N–H and O–H groups in total. The van der Waals surface area contributed by atoms with Crippen molar-refractivity contribution >= 4 is 5.97 Å². The van der Waals surface area contributed by atoms with Crippen molar-refractivity contribution in [3.05, 3.63) is 41.8 Å². The first-order valence-electron chi connectivity index (χ1n) is 6.00. The molecule has 1 heterocycles. The van der Waals surface area contributed by atoms with Crippen molar-refractivity contribution in [1.82, 2.24) is 10.3 Å². The quantitative estimate of drug-likeness (QED) is 0.832. The largest absolute Gasteiger partial charge is 0.468 e. The number of carbonyl (C=O) groups is 1. The number of nitrogens with zero attached hydrogens (tertiary/aromatic N) is 1. The number of hydrogen-bond acceptors (Lipinski definition) is 5. The van der Waals surface area contributed by atoms with Crippen molar-refractivity contribution in [3.8, 4) is 11.5 Å². The number of oxazole rings is 1. The Kier molecular flexibility index (Phi) is 4.30. The molecule has 100 valence electrons. The molecule has 0 fully saturated rings. The Balaban J connectivity index is 2.03. The molecular weight excluding hydrogens is 244 g/mol. The highest BCUT2D eigenvalue weighted by atomic mass is 16.5. The van der Waals surface area contributed by atoms with Crippen LogP contribution < -0.4 is 5.32 Å². The monoisotopic (exact) mass is 260 g/mol. The summed E-state index contributed by atoms with van der Waals surface area (Å²) in [5, 5.41) is 2.96. The first kappa shape index (κ1) is 13.3. The number of hydrogen-bond donors (Lipinski definition) is 1. The van der Waals surface area contributed by atoms with Crippen LogP contribution in [0.2, 0.25) is 0 Å². The number of aryl methyl sites for hydroxylation is 1. The number of aromatic nitrogens is 1. The Morgan fingerprint density at radius 3 is 2.79 bits per heavy atom. The first-order chi connectivity index (χ1) is 9.20. The Morgan fingerprint density at radius 2 is 2.11 bits per heavy atom. The number of nitrogens with one attached hydrogen (secondary N) is 1. The molecule has 19 heavy (non-hydrogen) atoms. The average molecular weight is 260 g/mol. The lowest BCUT2D eigenvalue weighted by atomic mass is 10.2. The molecule has 1 aromatic heterocycles. The second kappa shape index (κ2) is 6.15. The molecule has 0 saturated carbocycles. The Hall–Kier alpha value is -2.14. The zero-order valence-electron chi connectivity index (χ0n) is 11.0. The normalized spacial score (nSPS) is 10.4. The molecule has 0 spiro atoms. The number of ether oxygens (including phenoxy) is 1. The van der Waals surface area contributed by atoms with Crippen molar-refractivity contribution in [2.75, 3.05) is 13.7 Å². The lowest BCUT2D eigenvalue weighted by Gasteiger charge is -2.00. The van der Waals surface area contributed by atoms with E-state index in [0.29, 0.717) is 12.4 Å². The molecule has 0 aliphatic rings. The predicted molar refractivity (Wildman–Crippen MR) is 70.4 cm³/mol. The van der Waals surface area contributed by atoms with E-state index in [9.17, 15) is 4.79 Å². The summed E-state index contributed by atoms with van der Waals surface area (Å²) in [5.41, 5.74) is 1.73. The van der Waals surface area contributed by atoms with Gasteiger partial charge in [0.2, 0.25) is 5.89 Å². The second-order valence-corrected chi connectivity index (χ2v) is 4.07. The lowest BCUT2D eigenvalue weighted by Crippen LogP contribution is -2.23. The van der Waals surface area contributed by atoms with Gasteiger partial charge in [-0.2, -0.15) is 0 Å². The van der Waals surface area contributed by atoms with E-state index in [1.807, 2.05) is 37.3 Å². The maximum atomic E-state index is 11.0. The van der Waals surface area contributed by atoms with E-state index < -0.39 is 0 Å². The summed E-state index contributed by atoms with van der Waals surface area (Å²) < 4.78 is 10.2.